The fraction of sp³-hybridized carbons (Fsp3) is 0. The molecule has 0 bridgehead atoms. The minimum Gasteiger partial charge on any atom is -0.508 e. The van der Waals surface area contributed by atoms with Crippen molar-refractivity contribution >= 4 is 37.7 Å². The van der Waals surface area contributed by atoms with Crippen LogP contribution in [0.15, 0.2) is 40.9 Å². The van der Waals surface area contributed by atoms with Crippen LogP contribution in [0.5, 0.6) is 5.75 Å². The molecule has 2 N–H and O–H groups in total. The van der Waals surface area contributed by atoms with Crippen LogP contribution in [-0.4, -0.2) is 10.1 Å². The van der Waals surface area contributed by atoms with Gasteiger partial charge in [-0.15, -0.1) is 0 Å². The zero-order valence-electron chi connectivity index (χ0n) is 7.79. The van der Waals surface area contributed by atoms with E-state index in [2.05, 4.69) is 27.0 Å². The minimum absolute atomic E-state index is 0.285. The maximum Gasteiger partial charge on any atom is 0.117 e. The van der Waals surface area contributed by atoms with Crippen LogP contribution in [-0.2, 0) is 0 Å². The summed E-state index contributed by atoms with van der Waals surface area (Å²) in [6.07, 6.45) is 0. The van der Waals surface area contributed by atoms with E-state index in [1.54, 1.807) is 12.1 Å². The van der Waals surface area contributed by atoms with Crippen LogP contribution in [0.4, 0.5) is 0 Å². The van der Waals surface area contributed by atoms with Gasteiger partial charge in [0.2, 0.25) is 0 Å². The van der Waals surface area contributed by atoms with Crippen LogP contribution in [0, 0.1) is 0 Å². The number of rotatable bonds is 0. The van der Waals surface area contributed by atoms with Crippen molar-refractivity contribution in [1.82, 2.24) is 4.98 Å². The first-order valence-electron chi connectivity index (χ1n) is 4.64. The Kier molecular flexibility index (Phi) is 1.76. The van der Waals surface area contributed by atoms with E-state index in [0.717, 1.165) is 20.9 Å². The van der Waals surface area contributed by atoms with Gasteiger partial charge in [-0.05, 0) is 24.3 Å². The van der Waals surface area contributed by atoms with Gasteiger partial charge in [-0.2, -0.15) is 0 Å². The molecule has 0 saturated carbocycles. The molecule has 0 fully saturated rings. The molecular formula is C12H8BrNO. The van der Waals surface area contributed by atoms with Crippen LogP contribution < -0.4 is 0 Å². The summed E-state index contributed by atoms with van der Waals surface area (Å²) in [5.41, 5.74) is 2.04. The van der Waals surface area contributed by atoms with Crippen molar-refractivity contribution in [2.24, 2.45) is 0 Å². The third-order valence-corrected chi connectivity index (χ3v) is 3.04. The second-order valence-corrected chi connectivity index (χ2v) is 4.46. The number of fused-ring (bicyclic) bond motifs is 3. The maximum atomic E-state index is 9.38. The standard InChI is InChI=1S/C12H8BrNO/c13-7-1-3-9-10-4-2-8(15)6-12(10)14-11(9)5-7/h1-6,14-15H. The highest BCUT2D eigenvalue weighted by atomic mass is 79.9. The number of aromatic hydroxyl groups is 1. The van der Waals surface area contributed by atoms with E-state index in [0.29, 0.717) is 0 Å². The molecule has 15 heavy (non-hydrogen) atoms. The van der Waals surface area contributed by atoms with Crippen LogP contribution in [0.25, 0.3) is 21.8 Å². The van der Waals surface area contributed by atoms with Gasteiger partial charge in [-0.25, -0.2) is 0 Å². The average Bonchev–Trinajstić information content (AvgIpc) is 2.53. The van der Waals surface area contributed by atoms with Crippen molar-refractivity contribution in [3.63, 3.8) is 0 Å². The van der Waals surface area contributed by atoms with Gasteiger partial charge in [0.15, 0.2) is 0 Å². The first-order valence-corrected chi connectivity index (χ1v) is 5.43. The normalized spacial score (nSPS) is 11.3. The fourth-order valence-electron chi connectivity index (χ4n) is 1.87. The first kappa shape index (κ1) is 8.80. The zero-order chi connectivity index (χ0) is 10.4. The Morgan fingerprint density at radius 3 is 2.40 bits per heavy atom. The van der Waals surface area contributed by atoms with Crippen LogP contribution in [0.3, 0.4) is 0 Å². The number of H-pyrrole nitrogens is 1. The van der Waals surface area contributed by atoms with E-state index in [-0.39, 0.29) is 5.75 Å². The minimum atomic E-state index is 0.285. The SMILES string of the molecule is Oc1ccc2c(c1)[nH]c1cc(Br)ccc12. The summed E-state index contributed by atoms with van der Waals surface area (Å²) < 4.78 is 1.05. The summed E-state index contributed by atoms with van der Waals surface area (Å²) in [5.74, 6) is 0.285. The van der Waals surface area contributed by atoms with Crippen molar-refractivity contribution in [2.45, 2.75) is 0 Å². The quantitative estimate of drug-likeness (QED) is 0.635. The van der Waals surface area contributed by atoms with Crippen molar-refractivity contribution in [3.05, 3.63) is 40.9 Å². The molecule has 3 heteroatoms. The molecule has 1 aromatic heterocycles. The van der Waals surface area contributed by atoms with Crippen molar-refractivity contribution in [1.29, 1.82) is 0 Å². The number of aromatic amines is 1. The predicted octanol–water partition coefficient (Wildman–Crippen LogP) is 3.79. The number of hydrogen-bond acceptors (Lipinski definition) is 1. The Morgan fingerprint density at radius 1 is 0.933 bits per heavy atom. The lowest BCUT2D eigenvalue weighted by Crippen LogP contribution is -1.66. The average molecular weight is 262 g/mol. The van der Waals surface area contributed by atoms with E-state index in [1.165, 1.54) is 5.39 Å². The Labute approximate surface area is 94.7 Å². The van der Waals surface area contributed by atoms with E-state index >= 15 is 0 Å². The van der Waals surface area contributed by atoms with Gasteiger partial charge in [-0.3, -0.25) is 0 Å². The molecule has 0 aliphatic rings. The Morgan fingerprint density at radius 2 is 1.60 bits per heavy atom. The van der Waals surface area contributed by atoms with Gasteiger partial charge < -0.3 is 10.1 Å². The summed E-state index contributed by atoms with van der Waals surface area (Å²) >= 11 is 3.43. The molecule has 2 aromatic carbocycles. The molecule has 0 radical (unpaired) electrons. The second kappa shape index (κ2) is 3.00. The summed E-state index contributed by atoms with van der Waals surface area (Å²) in [6, 6.07) is 11.5. The van der Waals surface area contributed by atoms with Gasteiger partial charge in [0.25, 0.3) is 0 Å². The Bertz CT molecular complexity index is 601. The molecule has 0 aliphatic carbocycles. The predicted molar refractivity (Wildman–Crippen MR) is 65.2 cm³/mol. The van der Waals surface area contributed by atoms with Gasteiger partial charge >= 0.3 is 0 Å². The summed E-state index contributed by atoms with van der Waals surface area (Å²) in [6.45, 7) is 0. The van der Waals surface area contributed by atoms with E-state index in [1.807, 2.05) is 18.2 Å². The molecule has 3 rings (SSSR count). The number of phenols is 1. The summed E-state index contributed by atoms with van der Waals surface area (Å²) in [5, 5.41) is 11.7. The smallest absolute Gasteiger partial charge is 0.117 e. The third kappa shape index (κ3) is 1.31. The van der Waals surface area contributed by atoms with Crippen LogP contribution in [0.2, 0.25) is 0 Å². The molecule has 0 saturated heterocycles. The highest BCUT2D eigenvalue weighted by Gasteiger charge is 2.04. The number of phenolic OH excluding ortho intramolecular Hbond substituents is 1. The molecule has 0 amide bonds. The zero-order valence-corrected chi connectivity index (χ0v) is 9.38. The van der Waals surface area contributed by atoms with E-state index in [9.17, 15) is 5.11 Å². The molecule has 1 heterocycles. The molecule has 0 atom stereocenters. The first-order chi connectivity index (χ1) is 7.24. The highest BCUT2D eigenvalue weighted by molar-refractivity contribution is 9.10. The topological polar surface area (TPSA) is 36.0 Å². The lowest BCUT2D eigenvalue weighted by atomic mass is 10.1. The summed E-state index contributed by atoms with van der Waals surface area (Å²) in [4.78, 5) is 3.27. The second-order valence-electron chi connectivity index (χ2n) is 3.54. The van der Waals surface area contributed by atoms with Gasteiger partial charge in [0.1, 0.15) is 5.75 Å². The van der Waals surface area contributed by atoms with Crippen LogP contribution in [0.1, 0.15) is 0 Å². The van der Waals surface area contributed by atoms with Gasteiger partial charge in [-0.1, -0.05) is 22.0 Å². The highest BCUT2D eigenvalue weighted by Crippen LogP contribution is 2.29. The Balaban J connectivity index is 2.51. The van der Waals surface area contributed by atoms with Crippen molar-refractivity contribution < 1.29 is 5.11 Å². The lowest BCUT2D eigenvalue weighted by molar-refractivity contribution is 0.476. The van der Waals surface area contributed by atoms with Crippen LogP contribution >= 0.6 is 15.9 Å². The lowest BCUT2D eigenvalue weighted by Gasteiger charge is -1.92. The Hall–Kier alpha value is -1.48. The molecule has 0 aliphatic heterocycles. The molecule has 0 spiro atoms. The van der Waals surface area contributed by atoms with Gasteiger partial charge in [0, 0.05) is 26.8 Å². The van der Waals surface area contributed by atoms with E-state index < -0.39 is 0 Å². The monoisotopic (exact) mass is 261 g/mol. The number of hydrogen-bond donors (Lipinski definition) is 2. The number of aromatic nitrogens is 1. The molecular weight excluding hydrogens is 254 g/mol. The molecule has 3 aromatic rings. The van der Waals surface area contributed by atoms with Crippen molar-refractivity contribution in [3.8, 4) is 5.75 Å². The molecule has 2 nitrogen and oxygen atoms in total. The number of halogens is 1. The van der Waals surface area contributed by atoms with Gasteiger partial charge in [0.05, 0.1) is 5.52 Å². The summed E-state index contributed by atoms with van der Waals surface area (Å²) in [7, 11) is 0. The molecule has 74 valence electrons. The fourth-order valence-corrected chi connectivity index (χ4v) is 2.23. The van der Waals surface area contributed by atoms with E-state index in [4.69, 9.17) is 0 Å². The number of benzene rings is 2. The maximum absolute atomic E-state index is 9.38. The van der Waals surface area contributed by atoms with Crippen molar-refractivity contribution in [2.75, 3.05) is 0 Å². The largest absolute Gasteiger partial charge is 0.508 e. The third-order valence-electron chi connectivity index (χ3n) is 2.54. The molecule has 0 unspecified atom stereocenters. The number of nitrogens with one attached hydrogen (secondary N) is 1.